The summed E-state index contributed by atoms with van der Waals surface area (Å²) in [5.41, 5.74) is 5.80. The average molecular weight is 251 g/mol. The summed E-state index contributed by atoms with van der Waals surface area (Å²) in [4.78, 5) is 6.89. The molecule has 1 aliphatic heterocycles. The molecule has 2 N–H and O–H groups in total. The molecule has 1 aromatic rings. The maximum atomic E-state index is 5.80. The molecular formula is C13H25N5. The van der Waals surface area contributed by atoms with Crippen LogP contribution in [0.1, 0.15) is 38.9 Å². The molecule has 2 heterocycles. The van der Waals surface area contributed by atoms with E-state index >= 15 is 0 Å². The summed E-state index contributed by atoms with van der Waals surface area (Å²) in [7, 11) is 0. The van der Waals surface area contributed by atoms with E-state index in [2.05, 4.69) is 28.8 Å². The molecular weight excluding hydrogens is 226 g/mol. The largest absolute Gasteiger partial charge is 0.330 e. The smallest absolute Gasteiger partial charge is 0.141 e. The Hall–Kier alpha value is -0.940. The van der Waals surface area contributed by atoms with E-state index in [9.17, 15) is 0 Å². The summed E-state index contributed by atoms with van der Waals surface area (Å²) >= 11 is 0. The molecule has 2 rings (SSSR count). The van der Waals surface area contributed by atoms with E-state index in [0.29, 0.717) is 12.0 Å². The van der Waals surface area contributed by atoms with Gasteiger partial charge in [-0.15, -0.1) is 0 Å². The van der Waals surface area contributed by atoms with Crippen LogP contribution in [0, 0.1) is 5.92 Å². The molecule has 5 heteroatoms. The van der Waals surface area contributed by atoms with Crippen LogP contribution < -0.4 is 5.73 Å². The van der Waals surface area contributed by atoms with Gasteiger partial charge in [0, 0.05) is 19.1 Å². The fourth-order valence-electron chi connectivity index (χ4n) is 2.67. The summed E-state index contributed by atoms with van der Waals surface area (Å²) in [6.45, 7) is 8.21. The number of aromatic nitrogens is 3. The Morgan fingerprint density at radius 2 is 2.28 bits per heavy atom. The van der Waals surface area contributed by atoms with Crippen LogP contribution in [0.2, 0.25) is 0 Å². The molecule has 0 aromatic carbocycles. The minimum absolute atomic E-state index is 0.625. The Kier molecular flexibility index (Phi) is 4.72. The van der Waals surface area contributed by atoms with Crippen molar-refractivity contribution in [2.75, 3.05) is 13.1 Å². The monoisotopic (exact) mass is 251 g/mol. The number of nitrogens with two attached hydrogens (primary N) is 1. The number of likely N-dealkylation sites (tertiary alicyclic amines) is 1. The lowest BCUT2D eigenvalue weighted by atomic mass is 9.93. The van der Waals surface area contributed by atoms with E-state index < -0.39 is 0 Å². The highest BCUT2D eigenvalue weighted by atomic mass is 15.3. The number of aryl methyl sites for hydroxylation is 1. The molecule has 1 aromatic heterocycles. The molecule has 5 nitrogen and oxygen atoms in total. The van der Waals surface area contributed by atoms with Crippen molar-refractivity contribution >= 4 is 0 Å². The van der Waals surface area contributed by atoms with E-state index in [1.165, 1.54) is 12.8 Å². The van der Waals surface area contributed by atoms with E-state index in [1.54, 1.807) is 6.33 Å². The first-order valence-corrected chi connectivity index (χ1v) is 7.05. The second-order valence-corrected chi connectivity index (χ2v) is 5.36. The average Bonchev–Trinajstić information content (AvgIpc) is 2.80. The van der Waals surface area contributed by atoms with Crippen molar-refractivity contribution in [2.45, 2.75) is 52.2 Å². The summed E-state index contributed by atoms with van der Waals surface area (Å²) in [5.74, 6) is 1.73. The van der Waals surface area contributed by atoms with Crippen molar-refractivity contribution in [3.05, 3.63) is 12.2 Å². The summed E-state index contributed by atoms with van der Waals surface area (Å²) in [6, 6.07) is 0.625. The van der Waals surface area contributed by atoms with Crippen molar-refractivity contribution in [1.29, 1.82) is 0 Å². The van der Waals surface area contributed by atoms with Gasteiger partial charge in [0.05, 0.1) is 6.54 Å². The molecule has 1 saturated heterocycles. The SMILES string of the molecule is CCCn1ncnc1CN1CC(CN)CCC1C. The standard InChI is InChI=1S/C13H25N5/c1-3-6-18-13(15-10-16-18)9-17-8-12(7-14)5-4-11(17)2/h10-12H,3-9,14H2,1-2H3. The topological polar surface area (TPSA) is 60.0 Å². The Morgan fingerprint density at radius 3 is 3.00 bits per heavy atom. The molecule has 0 spiro atoms. The number of hydrogen-bond donors (Lipinski definition) is 1. The number of rotatable bonds is 5. The molecule has 102 valence electrons. The first-order chi connectivity index (χ1) is 8.74. The molecule has 0 amide bonds. The Balaban J connectivity index is 2.00. The Morgan fingerprint density at radius 1 is 1.44 bits per heavy atom. The summed E-state index contributed by atoms with van der Waals surface area (Å²) in [5, 5.41) is 4.29. The van der Waals surface area contributed by atoms with Crippen LogP contribution in [-0.4, -0.2) is 38.8 Å². The lowest BCUT2D eigenvalue weighted by Crippen LogP contribution is -2.43. The van der Waals surface area contributed by atoms with Crippen molar-refractivity contribution in [3.8, 4) is 0 Å². The summed E-state index contributed by atoms with van der Waals surface area (Å²) in [6.07, 6.45) is 5.26. The van der Waals surface area contributed by atoms with Gasteiger partial charge in [-0.25, -0.2) is 9.67 Å². The molecule has 0 radical (unpaired) electrons. The molecule has 1 aliphatic rings. The van der Waals surface area contributed by atoms with Gasteiger partial charge in [-0.1, -0.05) is 6.92 Å². The van der Waals surface area contributed by atoms with E-state index in [-0.39, 0.29) is 0 Å². The van der Waals surface area contributed by atoms with Gasteiger partial charge in [0.1, 0.15) is 12.2 Å². The van der Waals surface area contributed by atoms with Crippen LogP contribution in [0.25, 0.3) is 0 Å². The van der Waals surface area contributed by atoms with Crippen molar-refractivity contribution in [3.63, 3.8) is 0 Å². The van der Waals surface area contributed by atoms with Gasteiger partial charge in [0.15, 0.2) is 0 Å². The van der Waals surface area contributed by atoms with E-state index in [4.69, 9.17) is 5.73 Å². The van der Waals surface area contributed by atoms with Crippen molar-refractivity contribution in [1.82, 2.24) is 19.7 Å². The maximum absolute atomic E-state index is 5.80. The van der Waals surface area contributed by atoms with Gasteiger partial charge in [0.2, 0.25) is 0 Å². The van der Waals surface area contributed by atoms with Gasteiger partial charge in [-0.2, -0.15) is 5.10 Å². The molecule has 2 unspecified atom stereocenters. The lowest BCUT2D eigenvalue weighted by Gasteiger charge is -2.37. The Labute approximate surface area is 109 Å². The third-order valence-corrected chi connectivity index (χ3v) is 3.92. The maximum Gasteiger partial charge on any atom is 0.141 e. The van der Waals surface area contributed by atoms with Gasteiger partial charge in [-0.05, 0) is 38.6 Å². The molecule has 0 aliphatic carbocycles. The molecule has 1 fully saturated rings. The minimum Gasteiger partial charge on any atom is -0.330 e. The van der Waals surface area contributed by atoms with Gasteiger partial charge >= 0.3 is 0 Å². The van der Waals surface area contributed by atoms with Gasteiger partial charge in [-0.3, -0.25) is 4.90 Å². The fourth-order valence-corrected chi connectivity index (χ4v) is 2.67. The zero-order valence-corrected chi connectivity index (χ0v) is 11.5. The van der Waals surface area contributed by atoms with Crippen molar-refractivity contribution in [2.24, 2.45) is 11.7 Å². The van der Waals surface area contributed by atoms with Crippen LogP contribution >= 0.6 is 0 Å². The Bertz CT molecular complexity index is 362. The molecule has 2 atom stereocenters. The number of nitrogens with zero attached hydrogens (tertiary/aromatic N) is 4. The number of piperidine rings is 1. The third kappa shape index (κ3) is 3.09. The third-order valence-electron chi connectivity index (χ3n) is 3.92. The van der Waals surface area contributed by atoms with Crippen molar-refractivity contribution < 1.29 is 0 Å². The minimum atomic E-state index is 0.625. The zero-order chi connectivity index (χ0) is 13.0. The first-order valence-electron chi connectivity index (χ1n) is 7.05. The van der Waals surface area contributed by atoms with Crippen LogP contribution in [0.3, 0.4) is 0 Å². The van der Waals surface area contributed by atoms with Gasteiger partial charge in [0.25, 0.3) is 0 Å². The first kappa shape index (κ1) is 13.5. The highest BCUT2D eigenvalue weighted by Crippen LogP contribution is 2.22. The molecule has 0 bridgehead atoms. The predicted molar refractivity (Wildman–Crippen MR) is 72.0 cm³/mol. The highest BCUT2D eigenvalue weighted by molar-refractivity contribution is 4.88. The van der Waals surface area contributed by atoms with E-state index in [0.717, 1.165) is 38.4 Å². The molecule has 18 heavy (non-hydrogen) atoms. The second-order valence-electron chi connectivity index (χ2n) is 5.36. The molecule has 0 saturated carbocycles. The number of hydrogen-bond acceptors (Lipinski definition) is 4. The predicted octanol–water partition coefficient (Wildman–Crippen LogP) is 1.25. The van der Waals surface area contributed by atoms with Crippen LogP contribution in [0.5, 0.6) is 0 Å². The normalized spacial score (nSPS) is 25.5. The highest BCUT2D eigenvalue weighted by Gasteiger charge is 2.25. The summed E-state index contributed by atoms with van der Waals surface area (Å²) < 4.78 is 2.03. The van der Waals surface area contributed by atoms with E-state index in [1.807, 2.05) is 4.68 Å². The quantitative estimate of drug-likeness (QED) is 0.855. The van der Waals surface area contributed by atoms with Crippen LogP contribution in [0.15, 0.2) is 6.33 Å². The fraction of sp³-hybridized carbons (Fsp3) is 0.846. The van der Waals surface area contributed by atoms with Crippen LogP contribution in [0.4, 0.5) is 0 Å². The van der Waals surface area contributed by atoms with Crippen LogP contribution in [-0.2, 0) is 13.1 Å². The van der Waals surface area contributed by atoms with Gasteiger partial charge < -0.3 is 5.73 Å². The second kappa shape index (κ2) is 6.29. The zero-order valence-electron chi connectivity index (χ0n) is 11.5. The lowest BCUT2D eigenvalue weighted by molar-refractivity contribution is 0.108.